The number of nitrogens with two attached hydrogens (primary N) is 1. The number of anilines is 2. The number of hydrogen-bond donors (Lipinski definition) is 1. The molecule has 2 N–H and O–H groups in total. The van der Waals surface area contributed by atoms with Gasteiger partial charge in [-0.1, -0.05) is 19.3 Å². The molecule has 1 saturated heterocycles. The second-order valence-corrected chi connectivity index (χ2v) is 6.67. The maximum atomic E-state index is 13.2. The van der Waals surface area contributed by atoms with Crippen molar-refractivity contribution >= 4 is 11.4 Å². The Morgan fingerprint density at radius 3 is 2.29 bits per heavy atom. The Balaban J connectivity index is 1.75. The molecule has 0 aromatic heterocycles. The second-order valence-electron chi connectivity index (χ2n) is 6.67. The van der Waals surface area contributed by atoms with Gasteiger partial charge in [0.25, 0.3) is 6.43 Å². The van der Waals surface area contributed by atoms with E-state index in [0.717, 1.165) is 25.9 Å². The van der Waals surface area contributed by atoms with Gasteiger partial charge in [0, 0.05) is 30.0 Å². The van der Waals surface area contributed by atoms with Crippen molar-refractivity contribution in [3.05, 3.63) is 23.8 Å². The van der Waals surface area contributed by atoms with Crippen molar-refractivity contribution < 1.29 is 8.78 Å². The predicted molar refractivity (Wildman–Crippen MR) is 82.8 cm³/mol. The lowest BCUT2D eigenvalue weighted by Crippen LogP contribution is -2.41. The SMILES string of the molecule is Nc1ccc(N2CCC3(CCCCC3)CC2)c(C(F)F)c1. The molecule has 116 valence electrons. The van der Waals surface area contributed by atoms with Crippen LogP contribution in [-0.4, -0.2) is 13.1 Å². The molecule has 1 aliphatic heterocycles. The lowest BCUT2D eigenvalue weighted by Gasteiger charge is -2.45. The molecule has 1 heterocycles. The molecule has 1 saturated carbocycles. The van der Waals surface area contributed by atoms with Gasteiger partial charge >= 0.3 is 0 Å². The first-order valence-electron chi connectivity index (χ1n) is 8.02. The number of nitrogens with zero attached hydrogens (tertiary/aromatic N) is 1. The lowest BCUT2D eigenvalue weighted by molar-refractivity contribution is 0.141. The Labute approximate surface area is 125 Å². The minimum absolute atomic E-state index is 0.0783. The first-order chi connectivity index (χ1) is 10.1. The van der Waals surface area contributed by atoms with E-state index in [4.69, 9.17) is 5.73 Å². The summed E-state index contributed by atoms with van der Waals surface area (Å²) in [5.41, 5.74) is 7.31. The van der Waals surface area contributed by atoms with E-state index in [1.807, 2.05) is 0 Å². The van der Waals surface area contributed by atoms with E-state index >= 15 is 0 Å². The van der Waals surface area contributed by atoms with Crippen LogP contribution in [-0.2, 0) is 0 Å². The van der Waals surface area contributed by atoms with Crippen molar-refractivity contribution in [2.45, 2.75) is 51.4 Å². The molecular formula is C17H24F2N2. The Morgan fingerprint density at radius 1 is 1.00 bits per heavy atom. The summed E-state index contributed by atoms with van der Waals surface area (Å²) < 4.78 is 26.5. The molecule has 1 aliphatic carbocycles. The fourth-order valence-corrected chi connectivity index (χ4v) is 4.06. The van der Waals surface area contributed by atoms with E-state index in [0.29, 0.717) is 16.8 Å². The van der Waals surface area contributed by atoms with E-state index in [1.165, 1.54) is 38.2 Å². The van der Waals surface area contributed by atoms with Crippen LogP contribution in [0.2, 0.25) is 0 Å². The van der Waals surface area contributed by atoms with Crippen LogP contribution in [0.25, 0.3) is 0 Å². The number of alkyl halides is 2. The smallest absolute Gasteiger partial charge is 0.265 e. The van der Waals surface area contributed by atoms with E-state index in [-0.39, 0.29) is 5.56 Å². The molecule has 21 heavy (non-hydrogen) atoms. The average Bonchev–Trinajstić information content (AvgIpc) is 2.49. The van der Waals surface area contributed by atoms with Crippen LogP contribution in [0, 0.1) is 5.41 Å². The molecule has 1 spiro atoms. The highest BCUT2D eigenvalue weighted by molar-refractivity contribution is 5.60. The quantitative estimate of drug-likeness (QED) is 0.797. The largest absolute Gasteiger partial charge is 0.399 e. The van der Waals surface area contributed by atoms with Crippen LogP contribution in [0.1, 0.15) is 56.9 Å². The van der Waals surface area contributed by atoms with Gasteiger partial charge in [0.2, 0.25) is 0 Å². The van der Waals surface area contributed by atoms with Gasteiger partial charge in [-0.15, -0.1) is 0 Å². The lowest BCUT2D eigenvalue weighted by atomic mass is 9.68. The van der Waals surface area contributed by atoms with Crippen LogP contribution in [0.3, 0.4) is 0 Å². The fraction of sp³-hybridized carbons (Fsp3) is 0.647. The third-order valence-corrected chi connectivity index (χ3v) is 5.37. The highest BCUT2D eigenvalue weighted by Crippen LogP contribution is 2.46. The number of halogens is 2. The summed E-state index contributed by atoms with van der Waals surface area (Å²) in [5.74, 6) is 0. The molecule has 0 atom stereocenters. The minimum Gasteiger partial charge on any atom is -0.399 e. The highest BCUT2D eigenvalue weighted by atomic mass is 19.3. The molecule has 0 bridgehead atoms. The molecule has 2 aliphatic rings. The van der Waals surface area contributed by atoms with Crippen LogP contribution in [0.15, 0.2) is 18.2 Å². The monoisotopic (exact) mass is 294 g/mol. The summed E-state index contributed by atoms with van der Waals surface area (Å²) in [6.07, 6.45) is 6.50. The standard InChI is InChI=1S/C17H24F2N2/c18-16(19)14-12-13(20)4-5-15(14)21-10-8-17(9-11-21)6-2-1-3-7-17/h4-5,12,16H,1-3,6-11,20H2. The average molecular weight is 294 g/mol. The maximum Gasteiger partial charge on any atom is 0.265 e. The summed E-state index contributed by atoms with van der Waals surface area (Å²) >= 11 is 0. The summed E-state index contributed by atoms with van der Waals surface area (Å²) in [4.78, 5) is 2.13. The molecule has 0 amide bonds. The first-order valence-corrected chi connectivity index (χ1v) is 8.02. The van der Waals surface area contributed by atoms with Crippen LogP contribution >= 0.6 is 0 Å². The zero-order valence-corrected chi connectivity index (χ0v) is 12.5. The number of rotatable bonds is 2. The van der Waals surface area contributed by atoms with Gasteiger partial charge < -0.3 is 10.6 Å². The predicted octanol–water partition coefficient (Wildman–Crippen LogP) is 4.76. The number of nitrogen functional groups attached to an aromatic ring is 1. The number of hydrogen-bond acceptors (Lipinski definition) is 2. The topological polar surface area (TPSA) is 29.3 Å². The van der Waals surface area contributed by atoms with Crippen molar-refractivity contribution in [1.82, 2.24) is 0 Å². The van der Waals surface area contributed by atoms with E-state index in [2.05, 4.69) is 4.90 Å². The minimum atomic E-state index is -2.46. The van der Waals surface area contributed by atoms with E-state index in [9.17, 15) is 8.78 Å². The van der Waals surface area contributed by atoms with Gasteiger partial charge in [0.1, 0.15) is 0 Å². The molecule has 1 aromatic rings. The molecule has 0 radical (unpaired) electrons. The number of benzene rings is 1. The summed E-state index contributed by atoms with van der Waals surface area (Å²) in [6.45, 7) is 1.78. The highest BCUT2D eigenvalue weighted by Gasteiger charge is 2.36. The van der Waals surface area contributed by atoms with E-state index < -0.39 is 6.43 Å². The van der Waals surface area contributed by atoms with Crippen molar-refractivity contribution in [2.75, 3.05) is 23.7 Å². The van der Waals surface area contributed by atoms with Crippen molar-refractivity contribution in [1.29, 1.82) is 0 Å². The number of piperidine rings is 1. The van der Waals surface area contributed by atoms with Gasteiger partial charge in [-0.2, -0.15) is 0 Å². The molecule has 1 aromatic carbocycles. The van der Waals surface area contributed by atoms with Crippen LogP contribution < -0.4 is 10.6 Å². The van der Waals surface area contributed by atoms with Crippen molar-refractivity contribution in [3.63, 3.8) is 0 Å². The maximum absolute atomic E-state index is 13.2. The van der Waals surface area contributed by atoms with Gasteiger partial charge in [0.15, 0.2) is 0 Å². The Bertz CT molecular complexity index is 486. The molecule has 4 heteroatoms. The zero-order chi connectivity index (χ0) is 14.9. The summed E-state index contributed by atoms with van der Waals surface area (Å²) in [6, 6.07) is 4.91. The third-order valence-electron chi connectivity index (χ3n) is 5.37. The third kappa shape index (κ3) is 2.99. The molecular weight excluding hydrogens is 270 g/mol. The van der Waals surface area contributed by atoms with Crippen LogP contribution in [0.4, 0.5) is 20.2 Å². The fourth-order valence-electron chi connectivity index (χ4n) is 4.06. The van der Waals surface area contributed by atoms with Gasteiger partial charge in [-0.3, -0.25) is 0 Å². The molecule has 3 rings (SSSR count). The van der Waals surface area contributed by atoms with Crippen LogP contribution in [0.5, 0.6) is 0 Å². The Morgan fingerprint density at radius 2 is 1.67 bits per heavy atom. The van der Waals surface area contributed by atoms with Gasteiger partial charge in [0.05, 0.1) is 0 Å². The van der Waals surface area contributed by atoms with Crippen molar-refractivity contribution in [3.8, 4) is 0 Å². The molecule has 0 unspecified atom stereocenters. The van der Waals surface area contributed by atoms with E-state index in [1.54, 1.807) is 12.1 Å². The Kier molecular flexibility index (Phi) is 4.05. The molecule has 2 nitrogen and oxygen atoms in total. The summed E-state index contributed by atoms with van der Waals surface area (Å²) in [7, 11) is 0. The molecule has 2 fully saturated rings. The Hall–Kier alpha value is -1.32. The van der Waals surface area contributed by atoms with Crippen molar-refractivity contribution in [2.24, 2.45) is 5.41 Å². The first kappa shape index (κ1) is 14.6. The summed E-state index contributed by atoms with van der Waals surface area (Å²) in [5, 5.41) is 0. The zero-order valence-electron chi connectivity index (χ0n) is 12.5. The second kappa shape index (κ2) is 5.82. The normalized spacial score (nSPS) is 22.0. The van der Waals surface area contributed by atoms with Gasteiger partial charge in [-0.05, 0) is 49.3 Å². The van der Waals surface area contributed by atoms with Gasteiger partial charge in [-0.25, -0.2) is 8.78 Å².